The van der Waals surface area contributed by atoms with E-state index >= 15 is 0 Å². The standard InChI is InChI=1S/C53H86O4/c1-3-5-7-9-11-13-15-17-19-21-23-25-26-27-29-31-33-35-37-39-41-43-45-47-49-56-51-52(50-54)57-53(55)48-46-44-42-40-38-36-34-32-30-28-24-22-20-18-16-14-12-10-8-6-4-2/h5-8,11-14,17-20,23-25,27-29,32,34,52,54H,3-4,9-10,15-16,21-22,26,30-31,33,35-51H2,1-2H3/b7-5-,8-6-,13-11-,14-12-,19-17-,20-18-,25-23-,28-24-,29-27-,34-32-. The van der Waals surface area contributed by atoms with Crippen molar-refractivity contribution < 1.29 is 19.4 Å². The lowest BCUT2D eigenvalue weighted by molar-refractivity contribution is -0.154. The Balaban J connectivity index is 3.55. The Morgan fingerprint density at radius 3 is 1.11 bits per heavy atom. The minimum absolute atomic E-state index is 0.192. The molecule has 1 atom stereocenters. The van der Waals surface area contributed by atoms with Crippen molar-refractivity contribution in [1.82, 2.24) is 0 Å². The zero-order valence-electron chi connectivity index (χ0n) is 36.8. The molecule has 1 unspecified atom stereocenters. The lowest BCUT2D eigenvalue weighted by atomic mass is 10.1. The maximum Gasteiger partial charge on any atom is 0.306 e. The lowest BCUT2D eigenvalue weighted by Crippen LogP contribution is -2.27. The molecule has 1 N–H and O–H groups in total. The Morgan fingerprint density at radius 2 is 0.737 bits per heavy atom. The minimum atomic E-state index is -0.560. The van der Waals surface area contributed by atoms with Gasteiger partial charge in [-0.05, 0) is 103 Å². The van der Waals surface area contributed by atoms with E-state index in [1.807, 2.05) is 0 Å². The summed E-state index contributed by atoms with van der Waals surface area (Å²) in [5.41, 5.74) is 0. The number of rotatable bonds is 41. The Hall–Kier alpha value is -3.21. The van der Waals surface area contributed by atoms with Gasteiger partial charge in [-0.2, -0.15) is 0 Å². The van der Waals surface area contributed by atoms with Crippen LogP contribution in [-0.4, -0.2) is 37.0 Å². The highest BCUT2D eigenvalue weighted by atomic mass is 16.6. The monoisotopic (exact) mass is 787 g/mol. The molecule has 0 radical (unpaired) electrons. The van der Waals surface area contributed by atoms with Gasteiger partial charge in [-0.3, -0.25) is 4.79 Å². The maximum absolute atomic E-state index is 12.2. The van der Waals surface area contributed by atoms with Crippen molar-refractivity contribution in [2.45, 2.75) is 187 Å². The van der Waals surface area contributed by atoms with E-state index in [-0.39, 0.29) is 19.2 Å². The quantitative estimate of drug-likeness (QED) is 0.0381. The SMILES string of the molecule is CC/C=C\C/C=C\C/C=C\C/C=C\C/C=C\CCCCCCCCCCOCC(CO)OC(=O)CCCCCCC/C=C\C/C=C\C/C=C\C/C=C\C/C=C\CC. The number of esters is 1. The Kier molecular flexibility index (Phi) is 46.2. The second-order valence-corrected chi connectivity index (χ2v) is 14.7. The van der Waals surface area contributed by atoms with Crippen molar-refractivity contribution in [3.63, 3.8) is 0 Å². The van der Waals surface area contributed by atoms with Gasteiger partial charge in [-0.25, -0.2) is 0 Å². The number of hydrogen-bond donors (Lipinski definition) is 1. The van der Waals surface area contributed by atoms with Crippen LogP contribution in [0.4, 0.5) is 0 Å². The highest BCUT2D eigenvalue weighted by molar-refractivity contribution is 5.69. The summed E-state index contributed by atoms with van der Waals surface area (Å²) in [6.07, 6.45) is 72.6. The van der Waals surface area contributed by atoms with Crippen LogP contribution in [-0.2, 0) is 14.3 Å². The van der Waals surface area contributed by atoms with Gasteiger partial charge < -0.3 is 14.6 Å². The van der Waals surface area contributed by atoms with Crippen LogP contribution in [0, 0.1) is 0 Å². The van der Waals surface area contributed by atoms with Crippen molar-refractivity contribution >= 4 is 5.97 Å². The summed E-state index contributed by atoms with van der Waals surface area (Å²) in [6.45, 7) is 5.06. The van der Waals surface area contributed by atoms with Crippen molar-refractivity contribution in [2.75, 3.05) is 19.8 Å². The zero-order valence-corrected chi connectivity index (χ0v) is 36.8. The molecular weight excluding hydrogens is 701 g/mol. The van der Waals surface area contributed by atoms with Gasteiger partial charge in [-0.15, -0.1) is 0 Å². The summed E-state index contributed by atoms with van der Waals surface area (Å²) in [6, 6.07) is 0. The van der Waals surface area contributed by atoms with Gasteiger partial charge in [0.15, 0.2) is 0 Å². The van der Waals surface area contributed by atoms with Crippen LogP contribution in [0.1, 0.15) is 181 Å². The van der Waals surface area contributed by atoms with Gasteiger partial charge in [0.2, 0.25) is 0 Å². The zero-order chi connectivity index (χ0) is 41.2. The van der Waals surface area contributed by atoms with Crippen molar-refractivity contribution in [1.29, 1.82) is 0 Å². The van der Waals surface area contributed by atoms with Crippen molar-refractivity contribution in [2.24, 2.45) is 0 Å². The van der Waals surface area contributed by atoms with Gasteiger partial charge >= 0.3 is 5.97 Å². The second-order valence-electron chi connectivity index (χ2n) is 14.7. The Morgan fingerprint density at radius 1 is 0.421 bits per heavy atom. The summed E-state index contributed by atoms with van der Waals surface area (Å²) in [4.78, 5) is 12.2. The van der Waals surface area contributed by atoms with Crippen LogP contribution in [0.5, 0.6) is 0 Å². The van der Waals surface area contributed by atoms with Crippen LogP contribution >= 0.6 is 0 Å². The third-order valence-electron chi connectivity index (χ3n) is 9.28. The van der Waals surface area contributed by atoms with Gasteiger partial charge in [0.05, 0.1) is 13.2 Å². The number of carbonyl (C=O) groups is 1. The third kappa shape index (κ3) is 47.1. The molecule has 0 saturated carbocycles. The summed E-state index contributed by atoms with van der Waals surface area (Å²) in [7, 11) is 0. The second kappa shape index (κ2) is 48.9. The molecule has 0 bridgehead atoms. The molecule has 57 heavy (non-hydrogen) atoms. The molecule has 0 aromatic rings. The highest BCUT2D eigenvalue weighted by Crippen LogP contribution is 2.12. The fourth-order valence-corrected chi connectivity index (χ4v) is 5.91. The van der Waals surface area contributed by atoms with Crippen LogP contribution < -0.4 is 0 Å². The number of allylic oxidation sites excluding steroid dienone is 20. The first-order valence-corrected chi connectivity index (χ1v) is 23.1. The van der Waals surface area contributed by atoms with Gasteiger partial charge in [0.25, 0.3) is 0 Å². The highest BCUT2D eigenvalue weighted by Gasteiger charge is 2.13. The van der Waals surface area contributed by atoms with E-state index in [2.05, 4.69) is 135 Å². The average molecular weight is 787 g/mol. The van der Waals surface area contributed by atoms with Crippen LogP contribution in [0.25, 0.3) is 0 Å². The molecule has 0 aromatic heterocycles. The number of aliphatic hydroxyl groups is 1. The molecule has 0 amide bonds. The number of aliphatic hydroxyl groups excluding tert-OH is 1. The van der Waals surface area contributed by atoms with E-state index in [1.165, 1.54) is 57.8 Å². The molecule has 0 heterocycles. The molecule has 322 valence electrons. The van der Waals surface area contributed by atoms with E-state index < -0.39 is 6.10 Å². The van der Waals surface area contributed by atoms with E-state index in [0.717, 1.165) is 103 Å². The van der Waals surface area contributed by atoms with Gasteiger partial charge in [0, 0.05) is 13.0 Å². The smallest absolute Gasteiger partial charge is 0.306 e. The number of hydrogen-bond acceptors (Lipinski definition) is 4. The maximum atomic E-state index is 12.2. The Labute approximate surface area is 352 Å². The van der Waals surface area contributed by atoms with Crippen molar-refractivity contribution in [3.8, 4) is 0 Å². The minimum Gasteiger partial charge on any atom is -0.457 e. The molecular formula is C53H86O4. The number of carbonyl (C=O) groups excluding carboxylic acids is 1. The Bertz CT molecular complexity index is 1150. The van der Waals surface area contributed by atoms with Crippen molar-refractivity contribution in [3.05, 3.63) is 122 Å². The van der Waals surface area contributed by atoms with E-state index in [0.29, 0.717) is 13.0 Å². The first-order chi connectivity index (χ1) is 28.2. The van der Waals surface area contributed by atoms with E-state index in [4.69, 9.17) is 9.47 Å². The normalized spacial score (nSPS) is 13.5. The topological polar surface area (TPSA) is 55.8 Å². The number of unbranched alkanes of at least 4 members (excludes halogenated alkanes) is 13. The van der Waals surface area contributed by atoms with Gasteiger partial charge in [-0.1, -0.05) is 193 Å². The molecule has 0 aliphatic rings. The van der Waals surface area contributed by atoms with Crippen LogP contribution in [0.2, 0.25) is 0 Å². The molecule has 0 aromatic carbocycles. The summed E-state index contributed by atoms with van der Waals surface area (Å²) < 4.78 is 11.2. The summed E-state index contributed by atoms with van der Waals surface area (Å²) in [5, 5.41) is 9.63. The fraction of sp³-hybridized carbons (Fsp3) is 0.604. The fourth-order valence-electron chi connectivity index (χ4n) is 5.91. The molecule has 0 saturated heterocycles. The number of ether oxygens (including phenoxy) is 2. The van der Waals surface area contributed by atoms with E-state index in [9.17, 15) is 9.90 Å². The van der Waals surface area contributed by atoms with E-state index in [1.54, 1.807) is 0 Å². The molecule has 0 spiro atoms. The average Bonchev–Trinajstić information content (AvgIpc) is 3.22. The largest absolute Gasteiger partial charge is 0.457 e. The first kappa shape index (κ1) is 53.8. The molecule has 4 nitrogen and oxygen atoms in total. The molecule has 0 fully saturated rings. The summed E-state index contributed by atoms with van der Waals surface area (Å²) in [5.74, 6) is -0.228. The van der Waals surface area contributed by atoms with Gasteiger partial charge in [0.1, 0.15) is 6.10 Å². The molecule has 4 heteroatoms. The third-order valence-corrected chi connectivity index (χ3v) is 9.28. The molecule has 0 rings (SSSR count). The molecule has 0 aliphatic carbocycles. The molecule has 0 aliphatic heterocycles. The predicted molar refractivity (Wildman–Crippen MR) is 251 cm³/mol. The first-order valence-electron chi connectivity index (χ1n) is 23.1. The lowest BCUT2D eigenvalue weighted by Gasteiger charge is -2.15. The van der Waals surface area contributed by atoms with Crippen LogP contribution in [0.3, 0.4) is 0 Å². The van der Waals surface area contributed by atoms with Crippen LogP contribution in [0.15, 0.2) is 122 Å². The predicted octanol–water partition coefficient (Wildman–Crippen LogP) is 15.7. The summed E-state index contributed by atoms with van der Waals surface area (Å²) >= 11 is 0.